The Morgan fingerprint density at radius 2 is 2.06 bits per heavy atom. The summed E-state index contributed by atoms with van der Waals surface area (Å²) in [4.78, 5) is 14.8. The van der Waals surface area contributed by atoms with Crippen LogP contribution in [0.5, 0.6) is 0 Å². The van der Waals surface area contributed by atoms with Crippen molar-refractivity contribution in [3.8, 4) is 6.07 Å². The van der Waals surface area contributed by atoms with Gasteiger partial charge in [0.1, 0.15) is 6.23 Å². The van der Waals surface area contributed by atoms with Gasteiger partial charge in [0.15, 0.2) is 9.84 Å². The summed E-state index contributed by atoms with van der Waals surface area (Å²) in [5.74, 6) is -1.94. The molecule has 1 aromatic carbocycles. The first-order chi connectivity index (χ1) is 14.9. The maximum atomic E-state index is 13.6. The molecule has 1 spiro atoms. The molecule has 11 heteroatoms. The first-order valence-corrected chi connectivity index (χ1v) is 12.1. The summed E-state index contributed by atoms with van der Waals surface area (Å²) in [6.07, 6.45) is -4.98. The van der Waals surface area contributed by atoms with Crippen LogP contribution in [0.15, 0.2) is 18.2 Å². The molecule has 1 amide bonds. The Balaban J connectivity index is 1.62. The first-order valence-electron chi connectivity index (χ1n) is 10.4. The molecule has 0 N–H and O–H groups in total. The van der Waals surface area contributed by atoms with Crippen LogP contribution in [-0.4, -0.2) is 49.4 Å². The molecule has 0 aliphatic carbocycles. The molecule has 7 nitrogen and oxygen atoms in total. The lowest BCUT2D eigenvalue weighted by molar-refractivity contribution is -0.140. The number of hydrogen-bond donors (Lipinski definition) is 0. The molecule has 0 aromatic heterocycles. The molecule has 0 unspecified atom stereocenters. The Bertz CT molecular complexity index is 1160. The average molecular weight is 470 g/mol. The first kappa shape index (κ1) is 21.7. The zero-order chi connectivity index (χ0) is 23.3. The molecule has 2 bridgehead atoms. The number of alkyl halides is 3. The van der Waals surface area contributed by atoms with Crippen molar-refractivity contribution in [2.75, 3.05) is 17.3 Å². The van der Waals surface area contributed by atoms with E-state index in [2.05, 4.69) is 0 Å². The SMILES string of the molecule is CCS(=O)(=O)[C@H]1C[C@@]23CCO[C@H]4[C@@H]2[C@H](C(=O)N4c2ccc(C#N)c(C(F)(F)F)c2)[C@]1(C)O3. The van der Waals surface area contributed by atoms with Crippen LogP contribution in [-0.2, 0) is 30.3 Å². The van der Waals surface area contributed by atoms with Crippen LogP contribution in [0.1, 0.15) is 37.8 Å². The molecule has 4 aliphatic rings. The monoisotopic (exact) mass is 470 g/mol. The standard InChI is InChI=1S/C21H21F3N2O5S/c1-3-32(28,29)14-9-20-6-7-30-18-16(20)15(19(14,2)31-20)17(27)26(18)12-5-4-11(10-25)13(8-12)21(22,23)24/h4-5,8,14-16,18H,3,6-7,9H2,1-2H3/t14-,15+,16-,18-,19+,20-/m0/s1. The van der Waals surface area contributed by atoms with Gasteiger partial charge in [0.2, 0.25) is 5.91 Å². The van der Waals surface area contributed by atoms with E-state index in [1.165, 1.54) is 17.0 Å². The third-order valence-corrected chi connectivity index (χ3v) is 9.91. The summed E-state index contributed by atoms with van der Waals surface area (Å²) in [7, 11) is -3.53. The van der Waals surface area contributed by atoms with E-state index in [9.17, 15) is 26.4 Å². The Hall–Kier alpha value is -2.16. The van der Waals surface area contributed by atoms with Gasteiger partial charge in [-0.2, -0.15) is 18.4 Å². The highest BCUT2D eigenvalue weighted by Gasteiger charge is 2.79. The predicted octanol–water partition coefficient (Wildman–Crippen LogP) is 2.64. The summed E-state index contributed by atoms with van der Waals surface area (Å²) < 4.78 is 78.4. The van der Waals surface area contributed by atoms with E-state index < -0.39 is 67.6 Å². The molecule has 4 heterocycles. The fourth-order valence-corrected chi connectivity index (χ4v) is 8.12. The Labute approximate surface area is 183 Å². The van der Waals surface area contributed by atoms with E-state index in [1.54, 1.807) is 13.8 Å². The van der Waals surface area contributed by atoms with Crippen LogP contribution in [0, 0.1) is 23.2 Å². The van der Waals surface area contributed by atoms with Gasteiger partial charge in [0.05, 0.1) is 46.2 Å². The molecule has 6 atom stereocenters. The van der Waals surface area contributed by atoms with Crippen LogP contribution in [0.2, 0.25) is 0 Å². The number of nitrogens with zero attached hydrogens (tertiary/aromatic N) is 2. The highest BCUT2D eigenvalue weighted by atomic mass is 32.2. The van der Waals surface area contributed by atoms with Crippen molar-refractivity contribution in [1.82, 2.24) is 0 Å². The summed E-state index contributed by atoms with van der Waals surface area (Å²) >= 11 is 0. The van der Waals surface area contributed by atoms with E-state index in [-0.39, 0.29) is 24.5 Å². The smallest absolute Gasteiger partial charge is 0.366 e. The molecular weight excluding hydrogens is 449 g/mol. The third kappa shape index (κ3) is 2.60. The molecular formula is C21H21F3N2O5S. The molecule has 4 aliphatic heterocycles. The maximum absolute atomic E-state index is 13.6. The topological polar surface area (TPSA) is 96.7 Å². The average Bonchev–Trinajstić information content (AvgIpc) is 3.31. The number of sulfone groups is 1. The highest BCUT2D eigenvalue weighted by molar-refractivity contribution is 7.92. The second-order valence-electron chi connectivity index (χ2n) is 9.06. The number of nitriles is 1. The fraction of sp³-hybridized carbons (Fsp3) is 0.619. The second kappa shape index (κ2) is 6.46. The zero-order valence-corrected chi connectivity index (χ0v) is 18.2. The van der Waals surface area contributed by atoms with Gasteiger partial charge in [-0.3, -0.25) is 9.69 Å². The van der Waals surface area contributed by atoms with Crippen molar-refractivity contribution in [2.24, 2.45) is 11.8 Å². The van der Waals surface area contributed by atoms with Crippen LogP contribution in [0.4, 0.5) is 18.9 Å². The lowest BCUT2D eigenvalue weighted by atomic mass is 9.66. The molecule has 0 saturated carbocycles. The largest absolute Gasteiger partial charge is 0.417 e. The molecule has 0 radical (unpaired) electrons. The lowest BCUT2D eigenvalue weighted by Gasteiger charge is -2.42. The predicted molar refractivity (Wildman–Crippen MR) is 105 cm³/mol. The Morgan fingerprint density at radius 3 is 2.69 bits per heavy atom. The van der Waals surface area contributed by atoms with Gasteiger partial charge in [-0.05, 0) is 31.5 Å². The van der Waals surface area contributed by atoms with E-state index in [4.69, 9.17) is 14.7 Å². The molecule has 1 aromatic rings. The molecule has 5 rings (SSSR count). The summed E-state index contributed by atoms with van der Waals surface area (Å²) in [6, 6.07) is 4.65. The van der Waals surface area contributed by atoms with E-state index in [1.807, 2.05) is 0 Å². The number of fused-ring (bicyclic) bond motifs is 2. The highest BCUT2D eigenvalue weighted by Crippen LogP contribution is 2.66. The minimum Gasteiger partial charge on any atom is -0.366 e. The van der Waals surface area contributed by atoms with Crippen LogP contribution in [0.3, 0.4) is 0 Å². The van der Waals surface area contributed by atoms with Crippen molar-refractivity contribution >= 4 is 21.4 Å². The number of ether oxygens (including phenoxy) is 2. The number of benzene rings is 1. The number of amides is 1. The van der Waals surface area contributed by atoms with Gasteiger partial charge in [0.25, 0.3) is 0 Å². The van der Waals surface area contributed by atoms with Gasteiger partial charge in [0, 0.05) is 23.8 Å². The Kier molecular flexibility index (Phi) is 4.37. The third-order valence-electron chi connectivity index (χ3n) is 7.60. The number of anilines is 1. The quantitative estimate of drug-likeness (QED) is 0.674. The van der Waals surface area contributed by atoms with E-state index in [0.717, 1.165) is 12.1 Å². The molecule has 32 heavy (non-hydrogen) atoms. The zero-order valence-electron chi connectivity index (χ0n) is 17.3. The van der Waals surface area contributed by atoms with Crippen molar-refractivity contribution in [3.05, 3.63) is 29.3 Å². The molecule has 4 fully saturated rings. The number of rotatable bonds is 3. The van der Waals surface area contributed by atoms with Crippen LogP contribution < -0.4 is 4.90 Å². The van der Waals surface area contributed by atoms with Gasteiger partial charge >= 0.3 is 6.18 Å². The van der Waals surface area contributed by atoms with Crippen molar-refractivity contribution in [2.45, 2.75) is 55.5 Å². The summed E-state index contributed by atoms with van der Waals surface area (Å²) in [5, 5.41) is 8.21. The van der Waals surface area contributed by atoms with E-state index in [0.29, 0.717) is 6.42 Å². The van der Waals surface area contributed by atoms with Crippen LogP contribution in [0.25, 0.3) is 0 Å². The van der Waals surface area contributed by atoms with Crippen molar-refractivity contribution in [3.63, 3.8) is 0 Å². The number of hydrogen-bond acceptors (Lipinski definition) is 6. The normalized spacial score (nSPS) is 38.1. The fourth-order valence-electron chi connectivity index (χ4n) is 6.27. The maximum Gasteiger partial charge on any atom is 0.417 e. The van der Waals surface area contributed by atoms with Gasteiger partial charge in [-0.15, -0.1) is 0 Å². The minimum absolute atomic E-state index is 0.0318. The van der Waals surface area contributed by atoms with E-state index >= 15 is 0 Å². The van der Waals surface area contributed by atoms with Gasteiger partial charge in [-0.25, -0.2) is 8.42 Å². The van der Waals surface area contributed by atoms with Gasteiger partial charge < -0.3 is 9.47 Å². The second-order valence-corrected chi connectivity index (χ2v) is 11.5. The number of carbonyl (C=O) groups excluding carboxylic acids is 1. The molecule has 172 valence electrons. The number of carbonyl (C=O) groups is 1. The minimum atomic E-state index is -4.78. The van der Waals surface area contributed by atoms with Gasteiger partial charge in [-0.1, -0.05) is 6.92 Å². The van der Waals surface area contributed by atoms with Crippen molar-refractivity contribution in [1.29, 1.82) is 5.26 Å². The summed E-state index contributed by atoms with van der Waals surface area (Å²) in [6.45, 7) is 3.36. The Morgan fingerprint density at radius 1 is 1.34 bits per heavy atom. The van der Waals surface area contributed by atoms with Crippen LogP contribution >= 0.6 is 0 Å². The van der Waals surface area contributed by atoms with Crippen molar-refractivity contribution < 1.29 is 35.9 Å². The number of halogens is 3. The molecule has 4 saturated heterocycles. The lowest BCUT2D eigenvalue weighted by Crippen LogP contribution is -2.55. The summed E-state index contributed by atoms with van der Waals surface area (Å²) in [5.41, 5.74) is -3.87.